The summed E-state index contributed by atoms with van der Waals surface area (Å²) in [5, 5.41) is 11.0. The summed E-state index contributed by atoms with van der Waals surface area (Å²) in [4.78, 5) is 11.6. The zero-order valence-electron chi connectivity index (χ0n) is 13.9. The molecule has 0 aliphatic rings. The number of aromatic nitrogens is 2. The summed E-state index contributed by atoms with van der Waals surface area (Å²) >= 11 is 5.26. The number of thiocarbonyl (C=S) groups is 1. The lowest BCUT2D eigenvalue weighted by Gasteiger charge is -2.11. The van der Waals surface area contributed by atoms with E-state index in [2.05, 4.69) is 15.7 Å². The van der Waals surface area contributed by atoms with Gasteiger partial charge < -0.3 is 15.4 Å². The van der Waals surface area contributed by atoms with Crippen LogP contribution >= 0.6 is 12.2 Å². The Labute approximate surface area is 147 Å². The van der Waals surface area contributed by atoms with Gasteiger partial charge in [-0.15, -0.1) is 0 Å². The van der Waals surface area contributed by atoms with Crippen molar-refractivity contribution in [2.24, 2.45) is 0 Å². The maximum absolute atomic E-state index is 11.6. The van der Waals surface area contributed by atoms with Crippen LogP contribution in [-0.2, 0) is 11.3 Å². The molecule has 128 valence electrons. The maximum Gasteiger partial charge on any atom is 0.338 e. The zero-order valence-corrected chi connectivity index (χ0v) is 14.7. The molecule has 24 heavy (non-hydrogen) atoms. The minimum atomic E-state index is -0.321. The van der Waals surface area contributed by atoms with Crippen LogP contribution in [0.15, 0.2) is 36.5 Å². The third kappa shape index (κ3) is 5.34. The summed E-state index contributed by atoms with van der Waals surface area (Å²) in [6, 6.07) is 9.01. The number of carbonyl (C=O) groups is 1. The molecule has 2 rings (SSSR count). The van der Waals surface area contributed by atoms with Gasteiger partial charge in [0, 0.05) is 30.7 Å². The van der Waals surface area contributed by atoms with Crippen LogP contribution in [0.3, 0.4) is 0 Å². The van der Waals surface area contributed by atoms with Crippen LogP contribution in [0.25, 0.3) is 0 Å². The van der Waals surface area contributed by atoms with Crippen LogP contribution in [0.1, 0.15) is 29.4 Å². The molecular weight excluding hydrogens is 324 g/mol. The highest BCUT2D eigenvalue weighted by Gasteiger charge is 2.06. The molecule has 0 amide bonds. The molecule has 2 N–H and O–H groups in total. The molecule has 0 atom stereocenters. The molecule has 0 spiro atoms. The first-order valence-corrected chi connectivity index (χ1v) is 8.31. The number of rotatable bonds is 7. The van der Waals surface area contributed by atoms with E-state index in [-0.39, 0.29) is 5.97 Å². The Balaban J connectivity index is 1.72. The molecule has 2 aromatic rings. The Bertz CT molecular complexity index is 682. The molecule has 0 aliphatic carbocycles. The average molecular weight is 346 g/mol. The minimum absolute atomic E-state index is 0.321. The second-order valence-corrected chi connectivity index (χ2v) is 5.64. The molecule has 6 nitrogen and oxygen atoms in total. The van der Waals surface area contributed by atoms with Crippen LogP contribution in [0.4, 0.5) is 5.69 Å². The molecule has 0 saturated heterocycles. The monoisotopic (exact) mass is 346 g/mol. The molecule has 0 saturated carbocycles. The van der Waals surface area contributed by atoms with Gasteiger partial charge in [-0.05, 0) is 62.8 Å². The summed E-state index contributed by atoms with van der Waals surface area (Å²) in [6.45, 7) is 5.79. The van der Waals surface area contributed by atoms with Gasteiger partial charge >= 0.3 is 5.97 Å². The van der Waals surface area contributed by atoms with Crippen molar-refractivity contribution in [2.45, 2.75) is 26.8 Å². The van der Waals surface area contributed by atoms with E-state index in [0.717, 1.165) is 30.9 Å². The first-order chi connectivity index (χ1) is 11.6. The molecule has 7 heteroatoms. The van der Waals surface area contributed by atoms with Crippen LogP contribution in [0, 0.1) is 6.92 Å². The summed E-state index contributed by atoms with van der Waals surface area (Å²) in [6.07, 6.45) is 2.72. The number of benzene rings is 1. The van der Waals surface area contributed by atoms with Crippen molar-refractivity contribution in [1.82, 2.24) is 15.1 Å². The van der Waals surface area contributed by atoms with Crippen LogP contribution < -0.4 is 10.6 Å². The Morgan fingerprint density at radius 2 is 2.04 bits per heavy atom. The fourth-order valence-corrected chi connectivity index (χ4v) is 2.36. The quantitative estimate of drug-likeness (QED) is 0.456. The van der Waals surface area contributed by atoms with Crippen molar-refractivity contribution in [3.05, 3.63) is 47.8 Å². The predicted octanol–water partition coefficient (Wildman–Crippen LogP) is 2.74. The normalized spacial score (nSPS) is 10.2. The number of esters is 1. The van der Waals surface area contributed by atoms with Gasteiger partial charge in [-0.2, -0.15) is 5.10 Å². The highest BCUT2D eigenvalue weighted by atomic mass is 32.1. The molecule has 1 aromatic heterocycles. The van der Waals surface area contributed by atoms with E-state index in [1.807, 2.05) is 17.7 Å². The third-order valence-electron chi connectivity index (χ3n) is 3.42. The van der Waals surface area contributed by atoms with Gasteiger partial charge in [0.15, 0.2) is 5.11 Å². The van der Waals surface area contributed by atoms with E-state index in [1.165, 1.54) is 0 Å². The number of hydrogen-bond acceptors (Lipinski definition) is 4. The van der Waals surface area contributed by atoms with Crippen molar-refractivity contribution in [3.63, 3.8) is 0 Å². The standard InChI is InChI=1S/C17H22N4O2S/c1-3-23-16(22)14-5-7-15(8-6-14)20-17(24)18-10-4-12-21-13(2)9-11-19-21/h5-9,11H,3-4,10,12H2,1-2H3,(H2,18,20,24). The first-order valence-electron chi connectivity index (χ1n) is 7.90. The van der Waals surface area contributed by atoms with Crippen LogP contribution in [0.5, 0.6) is 0 Å². The fourth-order valence-electron chi connectivity index (χ4n) is 2.14. The lowest BCUT2D eigenvalue weighted by atomic mass is 10.2. The lowest BCUT2D eigenvalue weighted by molar-refractivity contribution is 0.0526. The van der Waals surface area contributed by atoms with E-state index in [4.69, 9.17) is 17.0 Å². The Morgan fingerprint density at radius 1 is 1.29 bits per heavy atom. The fraction of sp³-hybridized carbons (Fsp3) is 0.353. The van der Waals surface area contributed by atoms with E-state index in [9.17, 15) is 4.79 Å². The van der Waals surface area contributed by atoms with Crippen LogP contribution in [-0.4, -0.2) is 34.0 Å². The van der Waals surface area contributed by atoms with E-state index < -0.39 is 0 Å². The van der Waals surface area contributed by atoms with Gasteiger partial charge in [-0.3, -0.25) is 4.68 Å². The number of anilines is 1. The minimum Gasteiger partial charge on any atom is -0.462 e. The number of nitrogens with zero attached hydrogens (tertiary/aromatic N) is 2. The first kappa shape index (κ1) is 17.9. The predicted molar refractivity (Wildman–Crippen MR) is 98.2 cm³/mol. The SMILES string of the molecule is CCOC(=O)c1ccc(NC(=S)NCCCn2nccc2C)cc1. The van der Waals surface area contributed by atoms with Gasteiger partial charge in [0.05, 0.1) is 12.2 Å². The van der Waals surface area contributed by atoms with Gasteiger partial charge in [0.2, 0.25) is 0 Å². The molecule has 0 bridgehead atoms. The summed E-state index contributed by atoms with van der Waals surface area (Å²) in [5.74, 6) is -0.321. The molecule has 1 aromatic carbocycles. The molecular formula is C17H22N4O2S. The zero-order chi connectivity index (χ0) is 17.4. The van der Waals surface area contributed by atoms with E-state index in [1.54, 1.807) is 37.4 Å². The number of ether oxygens (including phenoxy) is 1. The van der Waals surface area contributed by atoms with Crippen molar-refractivity contribution in [1.29, 1.82) is 0 Å². The molecule has 0 radical (unpaired) electrons. The van der Waals surface area contributed by atoms with Crippen molar-refractivity contribution in [3.8, 4) is 0 Å². The molecule has 0 aliphatic heterocycles. The Morgan fingerprint density at radius 3 is 2.67 bits per heavy atom. The second-order valence-electron chi connectivity index (χ2n) is 5.23. The number of hydrogen-bond donors (Lipinski definition) is 2. The number of nitrogens with one attached hydrogen (secondary N) is 2. The lowest BCUT2D eigenvalue weighted by Crippen LogP contribution is -2.29. The topological polar surface area (TPSA) is 68.2 Å². The van der Waals surface area contributed by atoms with Crippen molar-refractivity contribution < 1.29 is 9.53 Å². The summed E-state index contributed by atoms with van der Waals surface area (Å²) < 4.78 is 6.91. The van der Waals surface area contributed by atoms with Gasteiger partial charge in [-0.25, -0.2) is 4.79 Å². The largest absolute Gasteiger partial charge is 0.462 e. The average Bonchev–Trinajstić information content (AvgIpc) is 2.97. The molecule has 1 heterocycles. The van der Waals surface area contributed by atoms with Gasteiger partial charge in [-0.1, -0.05) is 0 Å². The van der Waals surface area contributed by atoms with Crippen LogP contribution in [0.2, 0.25) is 0 Å². The molecule has 0 fully saturated rings. The number of aryl methyl sites for hydroxylation is 2. The van der Waals surface area contributed by atoms with Crippen molar-refractivity contribution in [2.75, 3.05) is 18.5 Å². The van der Waals surface area contributed by atoms with Gasteiger partial charge in [0.25, 0.3) is 0 Å². The smallest absolute Gasteiger partial charge is 0.338 e. The summed E-state index contributed by atoms with van der Waals surface area (Å²) in [7, 11) is 0. The maximum atomic E-state index is 11.6. The van der Waals surface area contributed by atoms with E-state index >= 15 is 0 Å². The van der Waals surface area contributed by atoms with E-state index in [0.29, 0.717) is 17.3 Å². The Kier molecular flexibility index (Phi) is 6.74. The highest BCUT2D eigenvalue weighted by Crippen LogP contribution is 2.10. The molecule has 0 unspecified atom stereocenters. The Hall–Kier alpha value is -2.41. The number of carbonyl (C=O) groups excluding carboxylic acids is 1. The third-order valence-corrected chi connectivity index (χ3v) is 3.66. The second kappa shape index (κ2) is 9.02. The summed E-state index contributed by atoms with van der Waals surface area (Å²) in [5.41, 5.74) is 2.50. The van der Waals surface area contributed by atoms with Crippen molar-refractivity contribution >= 4 is 29.0 Å². The van der Waals surface area contributed by atoms with Gasteiger partial charge in [0.1, 0.15) is 0 Å². The highest BCUT2D eigenvalue weighted by molar-refractivity contribution is 7.80.